The third-order valence-electron chi connectivity index (χ3n) is 3.98. The molecule has 0 atom stereocenters. The Morgan fingerprint density at radius 1 is 1.00 bits per heavy atom. The van der Waals surface area contributed by atoms with Crippen molar-refractivity contribution in [2.45, 2.75) is 16.7 Å². The van der Waals surface area contributed by atoms with Crippen molar-refractivity contribution in [3.05, 3.63) is 72.1 Å². The van der Waals surface area contributed by atoms with Gasteiger partial charge in [0.05, 0.1) is 5.69 Å². The molecule has 5 nitrogen and oxygen atoms in total. The van der Waals surface area contributed by atoms with Gasteiger partial charge in [-0.1, -0.05) is 36.0 Å². The van der Waals surface area contributed by atoms with E-state index in [1.165, 1.54) is 0 Å². The Hall–Kier alpha value is -2.99. The second-order valence-corrected chi connectivity index (χ2v) is 7.14. The molecule has 0 unspecified atom stereocenters. The van der Waals surface area contributed by atoms with Crippen LogP contribution in [0.3, 0.4) is 0 Å². The fourth-order valence-corrected chi connectivity index (χ4v) is 3.66. The lowest BCUT2D eigenvalue weighted by atomic mass is 10.2. The van der Waals surface area contributed by atoms with E-state index in [0.717, 1.165) is 15.5 Å². The van der Waals surface area contributed by atoms with Gasteiger partial charge in [0.25, 0.3) is 5.91 Å². The molecule has 136 valence electrons. The highest BCUT2D eigenvalue weighted by atomic mass is 32.2. The fraction of sp³-hybridized carbons (Fsp3) is 0.143. The molecule has 0 fully saturated rings. The standard InChI is InChI=1S/C21H18N2O3S/c1-14-6-5-9-16(22-14)21(24)23-17-12-18-19(26-11-10-25-18)13-20(17)27-15-7-3-2-4-8-15/h2-9,12-13H,10-11H2,1H3,(H,23,24). The molecule has 1 N–H and O–H groups in total. The normalized spacial score (nSPS) is 12.5. The molecule has 1 amide bonds. The number of aryl methyl sites for hydroxylation is 1. The van der Waals surface area contributed by atoms with E-state index in [0.29, 0.717) is 36.1 Å². The molecule has 2 aromatic carbocycles. The van der Waals surface area contributed by atoms with Gasteiger partial charge in [0.1, 0.15) is 18.9 Å². The molecular weight excluding hydrogens is 360 g/mol. The van der Waals surface area contributed by atoms with Gasteiger partial charge in [-0.15, -0.1) is 0 Å². The van der Waals surface area contributed by atoms with Gasteiger partial charge < -0.3 is 14.8 Å². The molecule has 2 heterocycles. The summed E-state index contributed by atoms with van der Waals surface area (Å²) < 4.78 is 11.4. The van der Waals surface area contributed by atoms with Crippen LogP contribution in [0.4, 0.5) is 5.69 Å². The van der Waals surface area contributed by atoms with Crippen molar-refractivity contribution in [1.82, 2.24) is 4.98 Å². The zero-order chi connectivity index (χ0) is 18.6. The molecule has 0 spiro atoms. The lowest BCUT2D eigenvalue weighted by molar-refractivity contribution is 0.102. The van der Waals surface area contributed by atoms with Crippen LogP contribution in [-0.4, -0.2) is 24.1 Å². The van der Waals surface area contributed by atoms with Crippen molar-refractivity contribution in [2.75, 3.05) is 18.5 Å². The summed E-state index contributed by atoms with van der Waals surface area (Å²) in [5.74, 6) is 1.06. The van der Waals surface area contributed by atoms with Crippen LogP contribution in [0.15, 0.2) is 70.5 Å². The molecule has 0 saturated heterocycles. The SMILES string of the molecule is Cc1cccc(C(=O)Nc2cc3c(cc2Sc2ccccc2)OCCO3)n1. The molecule has 0 aliphatic carbocycles. The lowest BCUT2D eigenvalue weighted by Crippen LogP contribution is -2.17. The molecule has 1 aliphatic rings. The van der Waals surface area contributed by atoms with Crippen LogP contribution in [0.5, 0.6) is 11.5 Å². The zero-order valence-electron chi connectivity index (χ0n) is 14.8. The minimum Gasteiger partial charge on any atom is -0.486 e. The quantitative estimate of drug-likeness (QED) is 0.721. The third kappa shape index (κ3) is 4.06. The summed E-state index contributed by atoms with van der Waals surface area (Å²) in [5.41, 5.74) is 1.84. The molecule has 0 radical (unpaired) electrons. The first-order valence-electron chi connectivity index (χ1n) is 8.60. The maximum absolute atomic E-state index is 12.7. The predicted molar refractivity (Wildman–Crippen MR) is 105 cm³/mol. The number of ether oxygens (including phenoxy) is 2. The van der Waals surface area contributed by atoms with Crippen molar-refractivity contribution < 1.29 is 14.3 Å². The number of carbonyl (C=O) groups excluding carboxylic acids is 1. The Bertz CT molecular complexity index is 976. The Morgan fingerprint density at radius 2 is 1.74 bits per heavy atom. The van der Waals surface area contributed by atoms with Gasteiger partial charge in [-0.25, -0.2) is 4.98 Å². The lowest BCUT2D eigenvalue weighted by Gasteiger charge is -2.21. The van der Waals surface area contributed by atoms with E-state index in [9.17, 15) is 4.79 Å². The van der Waals surface area contributed by atoms with Crippen molar-refractivity contribution in [2.24, 2.45) is 0 Å². The molecule has 1 aliphatic heterocycles. The van der Waals surface area contributed by atoms with Crippen molar-refractivity contribution in [3.8, 4) is 11.5 Å². The monoisotopic (exact) mass is 378 g/mol. The zero-order valence-corrected chi connectivity index (χ0v) is 15.6. The number of pyridine rings is 1. The topological polar surface area (TPSA) is 60.5 Å². The van der Waals surface area contributed by atoms with E-state index in [-0.39, 0.29) is 5.91 Å². The molecule has 27 heavy (non-hydrogen) atoms. The molecule has 4 rings (SSSR count). The van der Waals surface area contributed by atoms with Gasteiger partial charge in [-0.3, -0.25) is 4.79 Å². The second-order valence-electron chi connectivity index (χ2n) is 6.03. The fourth-order valence-electron chi connectivity index (χ4n) is 2.72. The third-order valence-corrected chi connectivity index (χ3v) is 5.05. The highest BCUT2D eigenvalue weighted by Gasteiger charge is 2.19. The minimum atomic E-state index is -0.259. The number of carbonyl (C=O) groups is 1. The van der Waals surface area contributed by atoms with Crippen LogP contribution in [0.1, 0.15) is 16.2 Å². The summed E-state index contributed by atoms with van der Waals surface area (Å²) in [6.45, 7) is 2.86. The number of aromatic nitrogens is 1. The van der Waals surface area contributed by atoms with Gasteiger partial charge in [-0.05, 0) is 31.2 Å². The Morgan fingerprint density at radius 3 is 2.48 bits per heavy atom. The van der Waals surface area contributed by atoms with E-state index in [4.69, 9.17) is 9.47 Å². The average molecular weight is 378 g/mol. The number of rotatable bonds is 4. The van der Waals surface area contributed by atoms with E-state index in [1.54, 1.807) is 17.8 Å². The number of benzene rings is 2. The van der Waals surface area contributed by atoms with Crippen LogP contribution in [0, 0.1) is 6.92 Å². The molecule has 3 aromatic rings. The average Bonchev–Trinajstić information content (AvgIpc) is 2.69. The smallest absolute Gasteiger partial charge is 0.274 e. The second kappa shape index (κ2) is 7.72. The Kier molecular flexibility index (Phi) is 4.98. The summed E-state index contributed by atoms with van der Waals surface area (Å²) in [4.78, 5) is 18.9. The highest BCUT2D eigenvalue weighted by molar-refractivity contribution is 7.99. The maximum Gasteiger partial charge on any atom is 0.274 e. The highest BCUT2D eigenvalue weighted by Crippen LogP contribution is 2.42. The first-order chi connectivity index (χ1) is 13.2. The molecular formula is C21H18N2O3S. The first kappa shape index (κ1) is 17.4. The number of hydrogen-bond acceptors (Lipinski definition) is 5. The summed E-state index contributed by atoms with van der Waals surface area (Å²) in [5, 5.41) is 2.97. The number of hydrogen-bond donors (Lipinski definition) is 1. The van der Waals surface area contributed by atoms with Gasteiger partial charge in [0, 0.05) is 27.6 Å². The number of amides is 1. The van der Waals surface area contributed by atoms with Crippen LogP contribution >= 0.6 is 11.8 Å². The number of anilines is 1. The number of nitrogens with one attached hydrogen (secondary N) is 1. The van der Waals surface area contributed by atoms with Gasteiger partial charge >= 0.3 is 0 Å². The predicted octanol–water partition coefficient (Wildman–Crippen LogP) is 4.56. The number of nitrogens with zero attached hydrogens (tertiary/aromatic N) is 1. The maximum atomic E-state index is 12.7. The largest absolute Gasteiger partial charge is 0.486 e. The van der Waals surface area contributed by atoms with Gasteiger partial charge in [-0.2, -0.15) is 0 Å². The van der Waals surface area contributed by atoms with Crippen LogP contribution in [0.25, 0.3) is 0 Å². The van der Waals surface area contributed by atoms with Gasteiger partial charge in [0.2, 0.25) is 0 Å². The van der Waals surface area contributed by atoms with Crippen molar-refractivity contribution in [3.63, 3.8) is 0 Å². The van der Waals surface area contributed by atoms with Crippen LogP contribution in [0.2, 0.25) is 0 Å². The molecule has 1 aromatic heterocycles. The first-order valence-corrected chi connectivity index (χ1v) is 9.42. The summed E-state index contributed by atoms with van der Waals surface area (Å²) >= 11 is 1.56. The minimum absolute atomic E-state index is 0.259. The number of fused-ring (bicyclic) bond motifs is 1. The molecule has 0 bridgehead atoms. The summed E-state index contributed by atoms with van der Waals surface area (Å²) in [6, 6.07) is 19.1. The van der Waals surface area contributed by atoms with Crippen LogP contribution in [-0.2, 0) is 0 Å². The molecule has 0 saturated carbocycles. The van der Waals surface area contributed by atoms with Crippen molar-refractivity contribution >= 4 is 23.4 Å². The van der Waals surface area contributed by atoms with E-state index < -0.39 is 0 Å². The van der Waals surface area contributed by atoms with Crippen molar-refractivity contribution in [1.29, 1.82) is 0 Å². The Balaban J connectivity index is 1.68. The van der Waals surface area contributed by atoms with Crippen LogP contribution < -0.4 is 14.8 Å². The Labute approximate surface area is 161 Å². The molecule has 6 heteroatoms. The summed E-state index contributed by atoms with van der Waals surface area (Å²) in [6.07, 6.45) is 0. The van der Waals surface area contributed by atoms with E-state index in [1.807, 2.05) is 61.5 Å². The van der Waals surface area contributed by atoms with E-state index >= 15 is 0 Å². The summed E-state index contributed by atoms with van der Waals surface area (Å²) in [7, 11) is 0. The van der Waals surface area contributed by atoms with Gasteiger partial charge in [0.15, 0.2) is 11.5 Å². The van der Waals surface area contributed by atoms with E-state index in [2.05, 4.69) is 10.3 Å².